The van der Waals surface area contributed by atoms with Crippen LogP contribution in [0.2, 0.25) is 0 Å². The molecule has 1 rings (SSSR count). The average molecular weight is 272 g/mol. The summed E-state index contributed by atoms with van der Waals surface area (Å²) in [5.41, 5.74) is 5.21. The number of halogens is 1. The second-order valence-electron chi connectivity index (χ2n) is 3.84. The Morgan fingerprint density at radius 3 is 2.67 bits per heavy atom. The molecule has 1 aromatic rings. The van der Waals surface area contributed by atoms with Crippen molar-refractivity contribution in [3.63, 3.8) is 0 Å². The molecular formula is C12H17FN2O2S. The Hall–Kier alpha value is -1.40. The first-order valence-electron chi connectivity index (χ1n) is 5.59. The summed E-state index contributed by atoms with van der Waals surface area (Å²) in [4.78, 5) is -0.00306. The summed E-state index contributed by atoms with van der Waals surface area (Å²) in [5, 5.41) is 0. The minimum atomic E-state index is -3.65. The van der Waals surface area contributed by atoms with Crippen LogP contribution in [0.15, 0.2) is 35.7 Å². The van der Waals surface area contributed by atoms with E-state index in [1.54, 1.807) is 0 Å². The molecule has 0 saturated carbocycles. The third-order valence-corrected chi connectivity index (χ3v) is 4.27. The molecule has 0 heterocycles. The van der Waals surface area contributed by atoms with Gasteiger partial charge < -0.3 is 5.73 Å². The van der Waals surface area contributed by atoms with Gasteiger partial charge in [-0.3, -0.25) is 0 Å². The van der Waals surface area contributed by atoms with Crippen LogP contribution in [0.4, 0.5) is 10.1 Å². The largest absolute Gasteiger partial charge is 0.396 e. The number of hydrogen-bond acceptors (Lipinski definition) is 3. The molecule has 0 fully saturated rings. The molecule has 0 radical (unpaired) electrons. The summed E-state index contributed by atoms with van der Waals surface area (Å²) in [6, 6.07) is 3.41. The van der Waals surface area contributed by atoms with Gasteiger partial charge in [-0.1, -0.05) is 13.0 Å². The molecule has 0 aliphatic rings. The van der Waals surface area contributed by atoms with Gasteiger partial charge in [0.1, 0.15) is 5.82 Å². The highest BCUT2D eigenvalue weighted by Crippen LogP contribution is 2.20. The molecule has 1 aromatic carbocycles. The molecule has 0 bridgehead atoms. The molecule has 0 saturated heterocycles. The standard InChI is InChI=1S/C12H17FN2O2S/c1-3-7-15(8-4-2)18(16,17)10-5-6-11(13)12(14)9-10/h3,5-6,9H,1,4,7-8,14H2,2H3. The van der Waals surface area contributed by atoms with E-state index >= 15 is 0 Å². The fourth-order valence-electron chi connectivity index (χ4n) is 1.53. The van der Waals surface area contributed by atoms with Crippen LogP contribution in [0, 0.1) is 5.82 Å². The van der Waals surface area contributed by atoms with Crippen molar-refractivity contribution in [2.75, 3.05) is 18.8 Å². The molecule has 100 valence electrons. The predicted molar refractivity (Wildman–Crippen MR) is 70.1 cm³/mol. The monoisotopic (exact) mass is 272 g/mol. The minimum absolute atomic E-state index is 0.00306. The van der Waals surface area contributed by atoms with Crippen LogP contribution >= 0.6 is 0 Å². The molecule has 0 aromatic heterocycles. The van der Waals surface area contributed by atoms with Gasteiger partial charge in [-0.05, 0) is 24.6 Å². The second-order valence-corrected chi connectivity index (χ2v) is 5.77. The lowest BCUT2D eigenvalue weighted by atomic mass is 10.3. The van der Waals surface area contributed by atoms with Gasteiger partial charge in [-0.2, -0.15) is 4.31 Å². The van der Waals surface area contributed by atoms with Gasteiger partial charge in [-0.25, -0.2) is 12.8 Å². The Balaban J connectivity index is 3.17. The molecule has 0 amide bonds. The van der Waals surface area contributed by atoms with Crippen molar-refractivity contribution in [2.24, 2.45) is 0 Å². The van der Waals surface area contributed by atoms with E-state index in [1.165, 1.54) is 16.4 Å². The molecule has 4 nitrogen and oxygen atoms in total. The van der Waals surface area contributed by atoms with Crippen LogP contribution in [-0.4, -0.2) is 25.8 Å². The molecule has 6 heteroatoms. The average Bonchev–Trinajstić information content (AvgIpc) is 2.32. The van der Waals surface area contributed by atoms with E-state index in [2.05, 4.69) is 6.58 Å². The van der Waals surface area contributed by atoms with Gasteiger partial charge in [0.2, 0.25) is 10.0 Å². The van der Waals surface area contributed by atoms with Crippen LogP contribution in [-0.2, 0) is 10.0 Å². The molecule has 0 aliphatic heterocycles. The number of benzene rings is 1. The number of nitrogens with two attached hydrogens (primary N) is 1. The van der Waals surface area contributed by atoms with Crippen molar-refractivity contribution in [3.05, 3.63) is 36.7 Å². The number of anilines is 1. The van der Waals surface area contributed by atoms with Crippen LogP contribution in [0.5, 0.6) is 0 Å². The molecule has 0 unspecified atom stereocenters. The number of rotatable bonds is 6. The maximum absolute atomic E-state index is 13.0. The number of nitrogens with zero attached hydrogens (tertiary/aromatic N) is 1. The first-order chi connectivity index (χ1) is 8.43. The first-order valence-corrected chi connectivity index (χ1v) is 7.03. The van der Waals surface area contributed by atoms with Gasteiger partial charge in [0, 0.05) is 13.1 Å². The zero-order valence-corrected chi connectivity index (χ0v) is 11.1. The molecule has 0 atom stereocenters. The van der Waals surface area contributed by atoms with E-state index in [1.807, 2.05) is 6.92 Å². The third-order valence-electron chi connectivity index (χ3n) is 2.41. The third kappa shape index (κ3) is 3.08. The zero-order valence-electron chi connectivity index (χ0n) is 10.3. The minimum Gasteiger partial charge on any atom is -0.396 e. The predicted octanol–water partition coefficient (Wildman–Crippen LogP) is 1.99. The van der Waals surface area contributed by atoms with E-state index in [9.17, 15) is 12.8 Å². The van der Waals surface area contributed by atoms with Crippen molar-refractivity contribution < 1.29 is 12.8 Å². The van der Waals surface area contributed by atoms with E-state index in [0.717, 1.165) is 12.1 Å². The summed E-state index contributed by atoms with van der Waals surface area (Å²) < 4.78 is 38.9. The zero-order chi connectivity index (χ0) is 13.8. The van der Waals surface area contributed by atoms with Crippen molar-refractivity contribution in [1.82, 2.24) is 4.31 Å². The summed E-state index contributed by atoms with van der Waals surface area (Å²) in [7, 11) is -3.65. The Labute approximate surface area is 107 Å². The van der Waals surface area contributed by atoms with Crippen molar-refractivity contribution >= 4 is 15.7 Å². The van der Waals surface area contributed by atoms with Gasteiger partial charge >= 0.3 is 0 Å². The lowest BCUT2D eigenvalue weighted by molar-refractivity contribution is 0.441. The van der Waals surface area contributed by atoms with Gasteiger partial charge in [-0.15, -0.1) is 6.58 Å². The quantitative estimate of drug-likeness (QED) is 0.636. The number of hydrogen-bond donors (Lipinski definition) is 1. The summed E-state index contributed by atoms with van der Waals surface area (Å²) in [5.74, 6) is -0.625. The Kier molecular flexibility index (Phi) is 4.86. The molecule has 0 spiro atoms. The summed E-state index contributed by atoms with van der Waals surface area (Å²) >= 11 is 0. The normalized spacial score (nSPS) is 11.7. The second kappa shape index (κ2) is 5.97. The highest BCUT2D eigenvalue weighted by molar-refractivity contribution is 7.89. The SMILES string of the molecule is C=CCN(CCC)S(=O)(=O)c1ccc(F)c(N)c1. The van der Waals surface area contributed by atoms with Crippen LogP contribution in [0.25, 0.3) is 0 Å². The van der Waals surface area contributed by atoms with Gasteiger partial charge in [0.15, 0.2) is 0 Å². The number of sulfonamides is 1. The van der Waals surface area contributed by atoms with Crippen molar-refractivity contribution in [2.45, 2.75) is 18.2 Å². The van der Waals surface area contributed by atoms with Crippen molar-refractivity contribution in [3.8, 4) is 0 Å². The highest BCUT2D eigenvalue weighted by Gasteiger charge is 2.23. The van der Waals surface area contributed by atoms with Crippen LogP contribution < -0.4 is 5.73 Å². The molecule has 0 aliphatic carbocycles. The molecular weight excluding hydrogens is 255 g/mol. The maximum Gasteiger partial charge on any atom is 0.243 e. The summed E-state index contributed by atoms with van der Waals surface area (Å²) in [6.45, 7) is 6.01. The van der Waals surface area contributed by atoms with E-state index in [-0.39, 0.29) is 17.1 Å². The number of nitrogen functional groups attached to an aromatic ring is 1. The van der Waals surface area contributed by atoms with Gasteiger partial charge in [0.05, 0.1) is 10.6 Å². The maximum atomic E-state index is 13.0. The summed E-state index contributed by atoms with van der Waals surface area (Å²) in [6.07, 6.45) is 2.20. The first kappa shape index (κ1) is 14.7. The van der Waals surface area contributed by atoms with Crippen molar-refractivity contribution in [1.29, 1.82) is 0 Å². The van der Waals surface area contributed by atoms with Crippen LogP contribution in [0.1, 0.15) is 13.3 Å². The smallest absolute Gasteiger partial charge is 0.243 e. The lowest BCUT2D eigenvalue weighted by Gasteiger charge is -2.20. The molecule has 18 heavy (non-hydrogen) atoms. The van der Waals surface area contributed by atoms with E-state index < -0.39 is 15.8 Å². The van der Waals surface area contributed by atoms with Gasteiger partial charge in [0.25, 0.3) is 0 Å². The fourth-order valence-corrected chi connectivity index (χ4v) is 3.07. The van der Waals surface area contributed by atoms with E-state index in [0.29, 0.717) is 13.0 Å². The Morgan fingerprint density at radius 2 is 2.17 bits per heavy atom. The van der Waals surface area contributed by atoms with Crippen LogP contribution in [0.3, 0.4) is 0 Å². The highest BCUT2D eigenvalue weighted by atomic mass is 32.2. The Morgan fingerprint density at radius 1 is 1.50 bits per heavy atom. The molecule has 2 N–H and O–H groups in total. The fraction of sp³-hybridized carbons (Fsp3) is 0.333. The topological polar surface area (TPSA) is 63.4 Å². The lowest BCUT2D eigenvalue weighted by Crippen LogP contribution is -2.32. The van der Waals surface area contributed by atoms with E-state index in [4.69, 9.17) is 5.73 Å². The Bertz CT molecular complexity index is 529.